The van der Waals surface area contributed by atoms with Crippen LogP contribution in [0.2, 0.25) is 0 Å². The van der Waals surface area contributed by atoms with Crippen LogP contribution in [0.4, 0.5) is 5.69 Å². The van der Waals surface area contributed by atoms with Gasteiger partial charge in [0.15, 0.2) is 11.5 Å². The molecule has 0 saturated carbocycles. The quantitative estimate of drug-likeness (QED) is 0.846. The van der Waals surface area contributed by atoms with Gasteiger partial charge in [-0.2, -0.15) is 0 Å². The lowest BCUT2D eigenvalue weighted by molar-refractivity contribution is -0.115. The minimum atomic E-state index is -0.0675. The predicted octanol–water partition coefficient (Wildman–Crippen LogP) is 3.32. The highest BCUT2D eigenvalue weighted by Crippen LogP contribution is 2.41. The number of nitrogens with zero attached hydrogens (tertiary/aromatic N) is 2. The largest absolute Gasteiger partial charge is 0.493 e. The lowest BCUT2D eigenvalue weighted by atomic mass is 9.79. The van der Waals surface area contributed by atoms with Crippen LogP contribution in [0.5, 0.6) is 11.5 Å². The molecule has 0 radical (unpaired) electrons. The summed E-state index contributed by atoms with van der Waals surface area (Å²) in [6, 6.07) is 13.7. The highest BCUT2D eigenvalue weighted by atomic mass is 16.5. The fourth-order valence-electron chi connectivity index (χ4n) is 4.30. The molecule has 2 aliphatic rings. The van der Waals surface area contributed by atoms with Gasteiger partial charge in [0.1, 0.15) is 0 Å². The van der Waals surface area contributed by atoms with Crippen molar-refractivity contribution in [2.75, 3.05) is 39.7 Å². The van der Waals surface area contributed by atoms with Crippen molar-refractivity contribution < 1.29 is 14.3 Å². The van der Waals surface area contributed by atoms with E-state index in [2.05, 4.69) is 23.3 Å². The van der Waals surface area contributed by atoms with Gasteiger partial charge in [0.2, 0.25) is 5.91 Å². The monoisotopic (exact) mass is 393 g/mol. The van der Waals surface area contributed by atoms with E-state index in [9.17, 15) is 4.79 Å². The van der Waals surface area contributed by atoms with E-state index in [4.69, 9.17) is 14.5 Å². The van der Waals surface area contributed by atoms with E-state index < -0.39 is 0 Å². The first-order chi connectivity index (χ1) is 14.1. The van der Waals surface area contributed by atoms with Gasteiger partial charge < -0.3 is 19.7 Å². The second-order valence-electron chi connectivity index (χ2n) is 7.69. The zero-order chi connectivity index (χ0) is 20.4. The lowest BCUT2D eigenvalue weighted by Crippen LogP contribution is -2.42. The Hall–Kier alpha value is -2.86. The van der Waals surface area contributed by atoms with Crippen LogP contribution in [0.3, 0.4) is 0 Å². The third-order valence-corrected chi connectivity index (χ3v) is 5.75. The fraction of sp³-hybridized carbons (Fsp3) is 0.391. The second kappa shape index (κ2) is 8.25. The average Bonchev–Trinajstić information content (AvgIpc) is 2.74. The molecule has 2 aromatic carbocycles. The van der Waals surface area contributed by atoms with Gasteiger partial charge in [-0.05, 0) is 49.8 Å². The van der Waals surface area contributed by atoms with Crippen LogP contribution in [0.15, 0.2) is 47.5 Å². The second-order valence-corrected chi connectivity index (χ2v) is 7.69. The highest BCUT2D eigenvalue weighted by Gasteiger charge is 2.36. The van der Waals surface area contributed by atoms with Gasteiger partial charge in [-0.1, -0.05) is 18.2 Å². The van der Waals surface area contributed by atoms with Gasteiger partial charge in [0.05, 0.1) is 32.4 Å². The topological polar surface area (TPSA) is 63.2 Å². The normalized spacial score (nSPS) is 20.9. The molecule has 2 aliphatic heterocycles. The standard InChI is InChI=1S/C23H27N3O3/c1-26-10-9-19-18(14-26)16-11-21(28-2)22(29-3)12-17(16)20(25-19)13-23(27)24-15-7-5-4-6-8-15/h4-8,11-12,18-19H,9-10,13-14H2,1-3H3,(H,24,27). The Morgan fingerprint density at radius 3 is 2.62 bits per heavy atom. The Morgan fingerprint density at radius 1 is 1.17 bits per heavy atom. The van der Waals surface area contributed by atoms with E-state index in [0.29, 0.717) is 17.4 Å². The molecule has 1 N–H and O–H groups in total. The predicted molar refractivity (Wildman–Crippen MR) is 114 cm³/mol. The van der Waals surface area contributed by atoms with Crippen LogP contribution in [0.1, 0.15) is 29.9 Å². The van der Waals surface area contributed by atoms with Crippen LogP contribution in [0, 0.1) is 0 Å². The van der Waals surface area contributed by atoms with E-state index in [0.717, 1.165) is 36.5 Å². The molecule has 2 heterocycles. The molecule has 2 aromatic rings. The fourth-order valence-corrected chi connectivity index (χ4v) is 4.30. The number of fused-ring (bicyclic) bond motifs is 3. The van der Waals surface area contributed by atoms with E-state index in [1.165, 1.54) is 5.56 Å². The maximum absolute atomic E-state index is 12.7. The summed E-state index contributed by atoms with van der Waals surface area (Å²) in [6.07, 6.45) is 1.22. The van der Waals surface area contributed by atoms with E-state index in [1.807, 2.05) is 36.4 Å². The molecule has 29 heavy (non-hydrogen) atoms. The molecule has 2 unspecified atom stereocenters. The number of carbonyl (C=O) groups excluding carboxylic acids is 1. The first kappa shape index (κ1) is 19.5. The number of ether oxygens (including phenoxy) is 2. The zero-order valence-corrected chi connectivity index (χ0v) is 17.1. The molecule has 0 spiro atoms. The molecule has 1 saturated heterocycles. The van der Waals surface area contributed by atoms with Crippen molar-refractivity contribution in [3.05, 3.63) is 53.6 Å². The maximum Gasteiger partial charge on any atom is 0.230 e. The Bertz CT molecular complexity index is 926. The van der Waals surface area contributed by atoms with Crippen molar-refractivity contribution in [2.45, 2.75) is 24.8 Å². The first-order valence-electron chi connectivity index (χ1n) is 9.95. The Morgan fingerprint density at radius 2 is 1.90 bits per heavy atom. The lowest BCUT2D eigenvalue weighted by Gasteiger charge is -2.39. The van der Waals surface area contributed by atoms with Crippen molar-refractivity contribution in [3.63, 3.8) is 0 Å². The van der Waals surface area contributed by atoms with Gasteiger partial charge in [0.25, 0.3) is 0 Å². The number of likely N-dealkylation sites (N-methyl/N-ethyl adjacent to an activating group) is 1. The first-order valence-corrected chi connectivity index (χ1v) is 9.95. The number of rotatable bonds is 5. The van der Waals surface area contributed by atoms with Crippen molar-refractivity contribution in [3.8, 4) is 11.5 Å². The van der Waals surface area contributed by atoms with Gasteiger partial charge >= 0.3 is 0 Å². The molecule has 0 bridgehead atoms. The molecule has 152 valence electrons. The number of hydrogen-bond acceptors (Lipinski definition) is 5. The van der Waals surface area contributed by atoms with Gasteiger partial charge in [-0.25, -0.2) is 0 Å². The molecular formula is C23H27N3O3. The molecule has 0 aromatic heterocycles. The Labute approximate surface area is 171 Å². The summed E-state index contributed by atoms with van der Waals surface area (Å²) in [7, 11) is 5.42. The molecule has 2 atom stereocenters. The Balaban J connectivity index is 1.67. The summed E-state index contributed by atoms with van der Waals surface area (Å²) in [5, 5.41) is 2.97. The van der Waals surface area contributed by atoms with Crippen molar-refractivity contribution in [1.82, 2.24) is 4.90 Å². The van der Waals surface area contributed by atoms with E-state index in [-0.39, 0.29) is 18.4 Å². The van der Waals surface area contributed by atoms with Gasteiger partial charge in [-0.15, -0.1) is 0 Å². The Kier molecular flexibility index (Phi) is 5.53. The number of carbonyl (C=O) groups is 1. The minimum absolute atomic E-state index is 0.0675. The molecular weight excluding hydrogens is 366 g/mol. The summed E-state index contributed by atoms with van der Waals surface area (Å²) in [4.78, 5) is 20.1. The van der Waals surface area contributed by atoms with Crippen LogP contribution >= 0.6 is 0 Å². The molecule has 6 heteroatoms. The third-order valence-electron chi connectivity index (χ3n) is 5.75. The number of para-hydroxylation sites is 1. The molecule has 1 amide bonds. The van der Waals surface area contributed by atoms with Crippen LogP contribution in [-0.4, -0.2) is 56.9 Å². The number of methoxy groups -OCH3 is 2. The molecule has 6 nitrogen and oxygen atoms in total. The number of aliphatic imine (C=N–C) groups is 1. The zero-order valence-electron chi connectivity index (χ0n) is 17.1. The number of hydrogen-bond donors (Lipinski definition) is 1. The molecule has 1 fully saturated rings. The number of amides is 1. The molecule has 4 rings (SSSR count). The van der Waals surface area contributed by atoms with Crippen molar-refractivity contribution in [2.24, 2.45) is 4.99 Å². The summed E-state index contributed by atoms with van der Waals surface area (Å²) >= 11 is 0. The summed E-state index contributed by atoms with van der Waals surface area (Å²) in [5.74, 6) is 1.60. The maximum atomic E-state index is 12.7. The van der Waals surface area contributed by atoms with Crippen LogP contribution in [0.25, 0.3) is 0 Å². The summed E-state index contributed by atoms with van der Waals surface area (Å²) < 4.78 is 11.1. The van der Waals surface area contributed by atoms with Crippen LogP contribution in [-0.2, 0) is 4.79 Å². The third kappa shape index (κ3) is 3.98. The van der Waals surface area contributed by atoms with Crippen molar-refractivity contribution in [1.29, 1.82) is 0 Å². The smallest absolute Gasteiger partial charge is 0.230 e. The average molecular weight is 393 g/mol. The summed E-state index contributed by atoms with van der Waals surface area (Å²) in [6.45, 7) is 1.96. The summed E-state index contributed by atoms with van der Waals surface area (Å²) in [5.41, 5.74) is 3.79. The van der Waals surface area contributed by atoms with Crippen LogP contribution < -0.4 is 14.8 Å². The number of likely N-dealkylation sites (tertiary alicyclic amines) is 1. The number of nitrogens with one attached hydrogen (secondary N) is 1. The van der Waals surface area contributed by atoms with Gasteiger partial charge in [-0.3, -0.25) is 9.79 Å². The SMILES string of the molecule is COc1cc2c(cc1OC)C1CN(C)CCC1N=C2CC(=O)Nc1ccccc1. The number of anilines is 1. The number of benzene rings is 2. The van der Waals surface area contributed by atoms with E-state index >= 15 is 0 Å². The van der Waals surface area contributed by atoms with Gasteiger partial charge in [0, 0.05) is 23.7 Å². The van der Waals surface area contributed by atoms with E-state index in [1.54, 1.807) is 14.2 Å². The minimum Gasteiger partial charge on any atom is -0.493 e. The number of piperidine rings is 1. The van der Waals surface area contributed by atoms with Crippen molar-refractivity contribution >= 4 is 17.3 Å². The molecule has 0 aliphatic carbocycles. The highest BCUT2D eigenvalue weighted by molar-refractivity contribution is 6.15.